The van der Waals surface area contributed by atoms with E-state index in [1.165, 1.54) is 72.4 Å². The van der Waals surface area contributed by atoms with Gasteiger partial charge in [0.15, 0.2) is 0 Å². The van der Waals surface area contributed by atoms with Gasteiger partial charge in [0.2, 0.25) is 0 Å². The fourth-order valence-corrected chi connectivity index (χ4v) is 4.32. The van der Waals surface area contributed by atoms with Crippen molar-refractivity contribution in [2.75, 3.05) is 0 Å². The Bertz CT molecular complexity index is 627. The van der Waals surface area contributed by atoms with Crippen LogP contribution in [0, 0.1) is 5.92 Å². The summed E-state index contributed by atoms with van der Waals surface area (Å²) < 4.78 is 0. The maximum atomic E-state index is 6.56. The van der Waals surface area contributed by atoms with E-state index in [4.69, 9.17) is 5.73 Å². The molecular formula is C19H23N. The van der Waals surface area contributed by atoms with E-state index in [9.17, 15) is 0 Å². The lowest BCUT2D eigenvalue weighted by Gasteiger charge is -2.19. The first kappa shape index (κ1) is 12.4. The number of aryl methyl sites for hydroxylation is 2. The Kier molecular flexibility index (Phi) is 3.03. The summed E-state index contributed by atoms with van der Waals surface area (Å²) in [6.07, 6.45) is 9.15. The van der Waals surface area contributed by atoms with E-state index in [1.807, 2.05) is 0 Å². The highest BCUT2D eigenvalue weighted by Gasteiger charge is 2.22. The number of hydrogen-bond donors (Lipinski definition) is 1. The van der Waals surface area contributed by atoms with E-state index in [-0.39, 0.29) is 6.04 Å². The topological polar surface area (TPSA) is 26.0 Å². The zero-order valence-electron chi connectivity index (χ0n) is 12.1. The van der Waals surface area contributed by atoms with Crippen LogP contribution >= 0.6 is 0 Å². The molecule has 2 N–H and O–H groups in total. The van der Waals surface area contributed by atoms with Gasteiger partial charge in [-0.25, -0.2) is 0 Å². The third-order valence-corrected chi connectivity index (χ3v) is 5.37. The van der Waals surface area contributed by atoms with Crippen LogP contribution < -0.4 is 5.73 Å². The van der Waals surface area contributed by atoms with Crippen molar-refractivity contribution in [1.82, 2.24) is 0 Å². The molecule has 2 aromatic rings. The number of benzene rings is 2. The molecule has 1 heteroatoms. The summed E-state index contributed by atoms with van der Waals surface area (Å²) in [6.45, 7) is 0. The summed E-state index contributed by atoms with van der Waals surface area (Å²) in [5.74, 6) is 0.855. The van der Waals surface area contributed by atoms with Gasteiger partial charge < -0.3 is 5.73 Å². The highest BCUT2D eigenvalue weighted by Crippen LogP contribution is 2.37. The molecule has 2 aliphatic carbocycles. The second-order valence-electron chi connectivity index (χ2n) is 6.65. The van der Waals surface area contributed by atoms with E-state index >= 15 is 0 Å². The third-order valence-electron chi connectivity index (χ3n) is 5.37. The monoisotopic (exact) mass is 265 g/mol. The lowest BCUT2D eigenvalue weighted by molar-refractivity contribution is 0.452. The molecule has 1 nitrogen and oxygen atoms in total. The van der Waals surface area contributed by atoms with Gasteiger partial charge in [-0.3, -0.25) is 0 Å². The van der Waals surface area contributed by atoms with Crippen LogP contribution in [0.2, 0.25) is 0 Å². The maximum Gasteiger partial charge on any atom is 0.0303 e. The maximum absolute atomic E-state index is 6.56. The van der Waals surface area contributed by atoms with Crippen LogP contribution in [0.4, 0.5) is 0 Å². The van der Waals surface area contributed by atoms with Crippen molar-refractivity contribution in [3.05, 3.63) is 47.0 Å². The molecule has 0 bridgehead atoms. The summed E-state index contributed by atoms with van der Waals surface area (Å²) in [5.41, 5.74) is 11.0. The lowest BCUT2D eigenvalue weighted by Crippen LogP contribution is -2.14. The fourth-order valence-electron chi connectivity index (χ4n) is 4.32. The molecule has 0 amide bonds. The molecule has 0 aromatic heterocycles. The first-order chi connectivity index (χ1) is 9.83. The highest BCUT2D eigenvalue weighted by atomic mass is 14.6. The Labute approximate surface area is 121 Å². The summed E-state index contributed by atoms with van der Waals surface area (Å²) in [5, 5.41) is 2.93. The Balaban J connectivity index is 1.73. The fraction of sp³-hybridized carbons (Fsp3) is 0.474. The van der Waals surface area contributed by atoms with E-state index < -0.39 is 0 Å². The molecule has 1 saturated carbocycles. The van der Waals surface area contributed by atoms with Gasteiger partial charge in [0, 0.05) is 6.04 Å². The Morgan fingerprint density at radius 2 is 1.75 bits per heavy atom. The predicted molar refractivity (Wildman–Crippen MR) is 84.9 cm³/mol. The largest absolute Gasteiger partial charge is 0.324 e. The minimum Gasteiger partial charge on any atom is -0.324 e. The molecule has 2 aromatic carbocycles. The minimum absolute atomic E-state index is 0.211. The SMILES string of the molecule is NC(CC1CCCC1)c1ccc2c3c(cccc13)CC2. The van der Waals surface area contributed by atoms with Gasteiger partial charge in [-0.05, 0) is 52.6 Å². The average molecular weight is 265 g/mol. The van der Waals surface area contributed by atoms with Crippen LogP contribution in [0.1, 0.15) is 54.8 Å². The summed E-state index contributed by atoms with van der Waals surface area (Å²) in [4.78, 5) is 0. The van der Waals surface area contributed by atoms with Crippen molar-refractivity contribution in [2.24, 2.45) is 11.7 Å². The van der Waals surface area contributed by atoms with Gasteiger partial charge >= 0.3 is 0 Å². The summed E-state index contributed by atoms with van der Waals surface area (Å²) in [7, 11) is 0. The normalized spacial score (nSPS) is 19.9. The molecule has 1 atom stereocenters. The second kappa shape index (κ2) is 4.89. The van der Waals surface area contributed by atoms with Crippen molar-refractivity contribution >= 4 is 10.8 Å². The van der Waals surface area contributed by atoms with E-state index in [0.717, 1.165) is 5.92 Å². The van der Waals surface area contributed by atoms with Gasteiger partial charge in [0.1, 0.15) is 0 Å². The van der Waals surface area contributed by atoms with Crippen molar-refractivity contribution < 1.29 is 0 Å². The Hall–Kier alpha value is -1.34. The molecule has 0 saturated heterocycles. The standard InChI is InChI=1S/C19H23N/c20-18(12-13-4-1-2-5-13)16-11-10-15-9-8-14-6-3-7-17(16)19(14)15/h3,6-7,10-11,13,18H,1-2,4-5,8-9,12,20H2. The molecule has 0 spiro atoms. The van der Waals surface area contributed by atoms with Crippen molar-refractivity contribution in [1.29, 1.82) is 0 Å². The van der Waals surface area contributed by atoms with Crippen LogP contribution in [0.5, 0.6) is 0 Å². The number of hydrogen-bond acceptors (Lipinski definition) is 1. The van der Waals surface area contributed by atoms with Crippen molar-refractivity contribution in [3.8, 4) is 0 Å². The molecule has 104 valence electrons. The van der Waals surface area contributed by atoms with Gasteiger partial charge in [-0.2, -0.15) is 0 Å². The van der Waals surface area contributed by atoms with Gasteiger partial charge in [-0.15, -0.1) is 0 Å². The third kappa shape index (κ3) is 1.96. The molecular weight excluding hydrogens is 242 g/mol. The second-order valence-corrected chi connectivity index (χ2v) is 6.65. The molecule has 0 heterocycles. The molecule has 4 rings (SSSR count). The molecule has 1 unspecified atom stereocenters. The van der Waals surface area contributed by atoms with Crippen LogP contribution in [-0.2, 0) is 12.8 Å². The Morgan fingerprint density at radius 3 is 2.55 bits per heavy atom. The highest BCUT2D eigenvalue weighted by molar-refractivity contribution is 5.93. The van der Waals surface area contributed by atoms with Crippen molar-refractivity contribution in [2.45, 2.75) is 51.0 Å². The van der Waals surface area contributed by atoms with E-state index in [2.05, 4.69) is 30.3 Å². The minimum atomic E-state index is 0.211. The zero-order valence-corrected chi connectivity index (χ0v) is 12.1. The van der Waals surface area contributed by atoms with Crippen LogP contribution in [0.3, 0.4) is 0 Å². The molecule has 20 heavy (non-hydrogen) atoms. The molecule has 1 fully saturated rings. The quantitative estimate of drug-likeness (QED) is 0.867. The molecule has 0 aliphatic heterocycles. The first-order valence-electron chi connectivity index (χ1n) is 8.12. The summed E-state index contributed by atoms with van der Waals surface area (Å²) >= 11 is 0. The zero-order chi connectivity index (χ0) is 13.5. The predicted octanol–water partition coefficient (Wildman–Crippen LogP) is 4.52. The number of rotatable bonds is 3. The van der Waals surface area contributed by atoms with Gasteiger partial charge in [-0.1, -0.05) is 56.0 Å². The Morgan fingerprint density at radius 1 is 1.00 bits per heavy atom. The van der Waals surface area contributed by atoms with Crippen LogP contribution in [0.25, 0.3) is 10.8 Å². The average Bonchev–Trinajstić information content (AvgIpc) is 3.10. The van der Waals surface area contributed by atoms with Crippen LogP contribution in [-0.4, -0.2) is 0 Å². The first-order valence-corrected chi connectivity index (χ1v) is 8.12. The molecule has 0 radical (unpaired) electrons. The van der Waals surface area contributed by atoms with Gasteiger partial charge in [0.05, 0.1) is 0 Å². The number of nitrogens with two attached hydrogens (primary N) is 1. The van der Waals surface area contributed by atoms with E-state index in [0.29, 0.717) is 0 Å². The smallest absolute Gasteiger partial charge is 0.0303 e. The van der Waals surface area contributed by atoms with Crippen LogP contribution in [0.15, 0.2) is 30.3 Å². The lowest BCUT2D eigenvalue weighted by atomic mass is 9.90. The summed E-state index contributed by atoms with van der Waals surface area (Å²) in [6, 6.07) is 11.6. The van der Waals surface area contributed by atoms with E-state index in [1.54, 1.807) is 0 Å². The van der Waals surface area contributed by atoms with Crippen molar-refractivity contribution in [3.63, 3.8) is 0 Å². The van der Waals surface area contributed by atoms with Gasteiger partial charge in [0.25, 0.3) is 0 Å². The molecule has 2 aliphatic rings.